The molecule has 0 unspecified atom stereocenters. The minimum absolute atomic E-state index is 0.144. The molecule has 0 fully saturated rings. The molecule has 2 N–H and O–H groups in total. The molecule has 86 heavy (non-hydrogen) atoms. The molecule has 0 saturated carbocycles. The summed E-state index contributed by atoms with van der Waals surface area (Å²) in [6.45, 7) is 17.5. The Morgan fingerprint density at radius 3 is 1.15 bits per heavy atom. The van der Waals surface area contributed by atoms with E-state index < -0.39 is 23.8 Å². The summed E-state index contributed by atoms with van der Waals surface area (Å²) in [6.07, 6.45) is 10.8. The first kappa shape index (κ1) is 61.8. The molecular weight excluding hydrogens is 1120 g/mol. The molecule has 0 aliphatic carbocycles. The molecule has 0 spiro atoms. The van der Waals surface area contributed by atoms with Crippen molar-refractivity contribution in [2.45, 2.75) is 113 Å². The maximum atomic E-state index is 12.9. The van der Waals surface area contributed by atoms with Crippen LogP contribution in [0.3, 0.4) is 0 Å². The molecule has 444 valence electrons. The highest BCUT2D eigenvalue weighted by atomic mass is 32.2. The number of hydrogen-bond donors (Lipinski definition) is 2. The number of fused-ring (bicyclic) bond motifs is 2. The van der Waals surface area contributed by atoms with E-state index in [-0.39, 0.29) is 9.49 Å². The van der Waals surface area contributed by atoms with E-state index in [1.807, 2.05) is 159 Å². The lowest BCUT2D eigenvalue weighted by molar-refractivity contribution is -0.140. The minimum atomic E-state index is -0.869. The van der Waals surface area contributed by atoms with Crippen molar-refractivity contribution in [3.05, 3.63) is 191 Å². The zero-order chi connectivity index (χ0) is 61.5. The number of aromatic nitrogens is 8. The summed E-state index contributed by atoms with van der Waals surface area (Å²) in [5, 5.41) is 23.0. The molecule has 18 heteroatoms. The van der Waals surface area contributed by atoms with Crippen molar-refractivity contribution in [1.29, 1.82) is 0 Å². The van der Waals surface area contributed by atoms with Crippen LogP contribution in [-0.2, 0) is 49.7 Å². The Bertz CT molecular complexity index is 3710. The van der Waals surface area contributed by atoms with E-state index in [2.05, 4.69) is 71.4 Å². The third-order valence-corrected chi connectivity index (χ3v) is 16.7. The predicted molar refractivity (Wildman–Crippen MR) is 340 cm³/mol. The van der Waals surface area contributed by atoms with E-state index in [4.69, 9.17) is 18.9 Å². The molecule has 0 saturated heterocycles. The Balaban J connectivity index is 0.000000205. The van der Waals surface area contributed by atoms with Crippen LogP contribution in [0.4, 0.5) is 0 Å². The first-order valence-electron chi connectivity index (χ1n) is 28.1. The van der Waals surface area contributed by atoms with Crippen molar-refractivity contribution in [3.8, 4) is 45.8 Å². The average Bonchev–Trinajstić information content (AvgIpc) is 3.20. The number of thioether (sulfide) groups is 2. The molecule has 10 rings (SSSR count). The van der Waals surface area contributed by atoms with Gasteiger partial charge in [-0.3, -0.25) is 19.6 Å². The SMILES string of the molecule is COc1cnc(-c2ccc(C[C@@H](C(=O)O)c3c(SC(C)(C)C)c4cc(OCc5ccc(C)cn5)ccc4n3C)cc2)nc1.COc1cnc(-c2ccc(C[C@H](C(=O)O)c3c(SC(C)(C)C)c4cc(OCc5ccc(C)cn5)ccc4n3C)cc2)nc1. The number of aryl methyl sites for hydroxylation is 4. The van der Waals surface area contributed by atoms with Gasteiger partial charge in [-0.25, -0.2) is 19.9 Å². The van der Waals surface area contributed by atoms with Gasteiger partial charge in [0.05, 0.1) is 50.4 Å². The van der Waals surface area contributed by atoms with Crippen molar-refractivity contribution in [1.82, 2.24) is 39.0 Å². The number of carboxylic acids is 2. The summed E-state index contributed by atoms with van der Waals surface area (Å²) in [4.78, 5) is 54.0. The molecular formula is C68H72N8O8S2. The molecule has 16 nitrogen and oxygen atoms in total. The topological polar surface area (TPSA) is 199 Å². The Morgan fingerprint density at radius 2 is 0.849 bits per heavy atom. The van der Waals surface area contributed by atoms with E-state index in [0.717, 1.165) is 87.8 Å². The molecule has 0 aliphatic rings. The monoisotopic (exact) mass is 1190 g/mol. The van der Waals surface area contributed by atoms with Crippen LogP contribution in [-0.4, -0.2) is 84.9 Å². The number of ether oxygens (including phenoxy) is 4. The molecule has 0 aliphatic heterocycles. The van der Waals surface area contributed by atoms with E-state index in [1.54, 1.807) is 62.5 Å². The maximum Gasteiger partial charge on any atom is 0.312 e. The smallest absolute Gasteiger partial charge is 0.312 e. The average molecular weight is 1190 g/mol. The summed E-state index contributed by atoms with van der Waals surface area (Å²) >= 11 is 3.37. The van der Waals surface area contributed by atoms with Crippen LogP contribution < -0.4 is 18.9 Å². The Morgan fingerprint density at radius 1 is 0.488 bits per heavy atom. The van der Waals surface area contributed by atoms with Crippen LogP contribution in [0.15, 0.2) is 156 Å². The zero-order valence-electron chi connectivity index (χ0n) is 50.6. The van der Waals surface area contributed by atoms with E-state index in [1.165, 1.54) is 0 Å². The number of methoxy groups -OCH3 is 2. The third-order valence-electron chi connectivity index (χ3n) is 14.2. The van der Waals surface area contributed by atoms with Crippen LogP contribution in [0.25, 0.3) is 44.6 Å². The molecule has 0 amide bonds. The minimum Gasteiger partial charge on any atom is -0.494 e. The number of aliphatic carboxylic acids is 2. The van der Waals surface area contributed by atoms with Gasteiger partial charge in [0, 0.05) is 90.1 Å². The van der Waals surface area contributed by atoms with Crippen molar-refractivity contribution >= 4 is 57.3 Å². The highest BCUT2D eigenvalue weighted by Gasteiger charge is 2.33. The van der Waals surface area contributed by atoms with Gasteiger partial charge in [0.1, 0.15) is 36.5 Å². The first-order valence-corrected chi connectivity index (χ1v) is 29.8. The van der Waals surface area contributed by atoms with Crippen LogP contribution in [0.1, 0.15) is 98.4 Å². The van der Waals surface area contributed by atoms with Gasteiger partial charge in [-0.2, -0.15) is 0 Å². The highest BCUT2D eigenvalue weighted by molar-refractivity contribution is 8.01. The Kier molecular flexibility index (Phi) is 19.2. The predicted octanol–water partition coefficient (Wildman–Crippen LogP) is 14.5. The highest BCUT2D eigenvalue weighted by Crippen LogP contribution is 2.47. The number of hydrogen-bond acceptors (Lipinski definition) is 14. The normalized spacial score (nSPS) is 12.3. The molecule has 10 aromatic rings. The standard InChI is InChI=1S/2C34H36N4O4S/c2*1-21-7-12-24(35-17-21)20-42-25-13-14-29-27(16-25)31(43-34(2,3)4)30(38(29)5)28(33(39)40)15-22-8-10-23(11-9-22)32-36-18-26(41-6)19-37-32/h2*7-14,16-19,28H,15,20H2,1-6H3,(H,39,40)/t2*28-/m10/s1. The van der Waals surface area contributed by atoms with Gasteiger partial charge in [0.25, 0.3) is 0 Å². The van der Waals surface area contributed by atoms with Crippen LogP contribution in [0.5, 0.6) is 23.0 Å². The number of benzene rings is 4. The number of nitrogens with zero attached hydrogens (tertiary/aromatic N) is 8. The number of pyridine rings is 2. The number of rotatable bonds is 20. The second-order valence-electron chi connectivity index (χ2n) is 23.0. The zero-order valence-corrected chi connectivity index (χ0v) is 52.2. The molecule has 2 atom stereocenters. The molecule has 4 aromatic carbocycles. The van der Waals surface area contributed by atoms with E-state index >= 15 is 0 Å². The Labute approximate surface area is 510 Å². The lowest BCUT2D eigenvalue weighted by Gasteiger charge is -2.22. The Hall–Kier alpha value is -8.74. The van der Waals surface area contributed by atoms with Crippen LogP contribution in [0, 0.1) is 13.8 Å². The van der Waals surface area contributed by atoms with Crippen molar-refractivity contribution in [2.75, 3.05) is 14.2 Å². The third kappa shape index (κ3) is 15.2. The number of carboxylic acid groups (broad SMARTS) is 2. The van der Waals surface area contributed by atoms with Gasteiger partial charge in [0.2, 0.25) is 0 Å². The second-order valence-corrected chi connectivity index (χ2v) is 26.7. The van der Waals surface area contributed by atoms with Gasteiger partial charge in [-0.15, -0.1) is 23.5 Å². The van der Waals surface area contributed by atoms with Crippen molar-refractivity contribution in [2.24, 2.45) is 14.1 Å². The number of carbonyl (C=O) groups is 2. The van der Waals surface area contributed by atoms with Gasteiger partial charge in [0.15, 0.2) is 23.1 Å². The van der Waals surface area contributed by atoms with Gasteiger partial charge in [-0.1, -0.05) is 102 Å². The van der Waals surface area contributed by atoms with Crippen molar-refractivity contribution < 1.29 is 38.7 Å². The fraction of sp³-hybridized carbons (Fsp3) is 0.294. The first-order chi connectivity index (χ1) is 41.0. The fourth-order valence-electron chi connectivity index (χ4n) is 9.89. The summed E-state index contributed by atoms with van der Waals surface area (Å²) in [6, 6.07) is 35.4. The van der Waals surface area contributed by atoms with Crippen LogP contribution in [0.2, 0.25) is 0 Å². The molecule has 6 heterocycles. The quantitative estimate of drug-likeness (QED) is 0.0682. The summed E-state index contributed by atoms with van der Waals surface area (Å²) in [7, 11) is 7.04. The maximum absolute atomic E-state index is 12.9. The van der Waals surface area contributed by atoms with Gasteiger partial charge in [-0.05, 0) is 97.5 Å². The van der Waals surface area contributed by atoms with E-state index in [9.17, 15) is 19.8 Å². The van der Waals surface area contributed by atoms with E-state index in [0.29, 0.717) is 60.7 Å². The van der Waals surface area contributed by atoms with Gasteiger partial charge >= 0.3 is 11.9 Å². The largest absolute Gasteiger partial charge is 0.494 e. The molecule has 0 radical (unpaired) electrons. The molecule has 6 aromatic heterocycles. The lowest BCUT2D eigenvalue weighted by Crippen LogP contribution is -2.19. The van der Waals surface area contributed by atoms with Crippen molar-refractivity contribution in [3.63, 3.8) is 0 Å². The fourth-order valence-corrected chi connectivity index (χ4v) is 12.4. The second kappa shape index (κ2) is 26.7. The van der Waals surface area contributed by atoms with Gasteiger partial charge < -0.3 is 38.3 Å². The summed E-state index contributed by atoms with van der Waals surface area (Å²) in [5.74, 6) is 0.509. The lowest BCUT2D eigenvalue weighted by atomic mass is 9.95. The van der Waals surface area contributed by atoms with Crippen LogP contribution >= 0.6 is 23.5 Å². The molecule has 0 bridgehead atoms. The summed E-state index contributed by atoms with van der Waals surface area (Å²) < 4.78 is 26.3. The summed E-state index contributed by atoms with van der Waals surface area (Å²) in [5.41, 5.74) is 10.9.